The van der Waals surface area contributed by atoms with E-state index in [1.54, 1.807) is 19.2 Å². The number of rotatable bonds is 3. The average Bonchev–Trinajstić information content (AvgIpc) is 2.79. The van der Waals surface area contributed by atoms with Crippen LogP contribution in [0.4, 0.5) is 10.1 Å². The number of benzene rings is 3. The smallest absolute Gasteiger partial charge is 0.209 e. The Labute approximate surface area is 179 Å². The number of methoxy groups -OCH3 is 1. The van der Waals surface area contributed by atoms with Crippen LogP contribution in [0.15, 0.2) is 84.3 Å². The van der Waals surface area contributed by atoms with E-state index in [2.05, 4.69) is 5.32 Å². The van der Waals surface area contributed by atoms with Gasteiger partial charge in [0.15, 0.2) is 11.5 Å². The van der Waals surface area contributed by atoms with E-state index in [1.165, 1.54) is 12.1 Å². The normalized spacial score (nSPS) is 17.6. The molecule has 1 unspecified atom stereocenters. The van der Waals surface area contributed by atoms with Gasteiger partial charge in [0.05, 0.1) is 12.7 Å². The molecule has 3 aromatic rings. The van der Waals surface area contributed by atoms with Gasteiger partial charge in [-0.15, -0.1) is 0 Å². The molecule has 2 aliphatic rings. The van der Waals surface area contributed by atoms with E-state index >= 15 is 0 Å². The summed E-state index contributed by atoms with van der Waals surface area (Å²) >= 11 is 5.73. The lowest BCUT2D eigenvalue weighted by atomic mass is 9.98. The first-order valence-electron chi connectivity index (χ1n) is 9.63. The number of hydrogen-bond donors (Lipinski definition) is 1. The molecule has 0 saturated carbocycles. The van der Waals surface area contributed by atoms with E-state index in [0.29, 0.717) is 28.8 Å². The van der Waals surface area contributed by atoms with Crippen molar-refractivity contribution in [3.05, 3.63) is 101 Å². The maximum Gasteiger partial charge on any atom is 0.209 e. The molecule has 30 heavy (non-hydrogen) atoms. The Balaban J connectivity index is 1.67. The number of nitrogens with one attached hydrogen (secondary N) is 1. The predicted molar refractivity (Wildman–Crippen MR) is 118 cm³/mol. The van der Waals surface area contributed by atoms with Crippen molar-refractivity contribution in [2.24, 2.45) is 0 Å². The molecule has 0 bridgehead atoms. The summed E-state index contributed by atoms with van der Waals surface area (Å²) in [6.07, 6.45) is 0.326. The van der Waals surface area contributed by atoms with E-state index in [4.69, 9.17) is 21.7 Å². The molecular weight excluding hydrogens is 399 g/mol. The number of nitrogens with zero attached hydrogens (tertiary/aromatic N) is 1. The minimum absolute atomic E-state index is 0.290. The molecule has 6 heteroatoms. The fraction of sp³-hybridized carbons (Fsp3) is 0.125. The second-order valence-electron chi connectivity index (χ2n) is 7.14. The molecule has 2 aliphatic heterocycles. The molecule has 0 spiro atoms. The topological polar surface area (TPSA) is 33.7 Å². The van der Waals surface area contributed by atoms with Gasteiger partial charge in [-0.3, -0.25) is 4.90 Å². The summed E-state index contributed by atoms with van der Waals surface area (Å²) in [7, 11) is 1.63. The third kappa shape index (κ3) is 3.09. The number of para-hydroxylation sites is 1. The van der Waals surface area contributed by atoms with Gasteiger partial charge in [0.25, 0.3) is 0 Å². The van der Waals surface area contributed by atoms with Gasteiger partial charge < -0.3 is 14.8 Å². The largest absolute Gasteiger partial charge is 0.493 e. The summed E-state index contributed by atoms with van der Waals surface area (Å²) in [6, 6.07) is 22.2. The fourth-order valence-electron chi connectivity index (χ4n) is 3.90. The second kappa shape index (κ2) is 7.46. The second-order valence-corrected chi connectivity index (χ2v) is 7.55. The van der Waals surface area contributed by atoms with E-state index < -0.39 is 0 Å². The van der Waals surface area contributed by atoms with Crippen LogP contribution in [0.3, 0.4) is 0 Å². The average molecular weight is 418 g/mol. The van der Waals surface area contributed by atoms with Crippen LogP contribution in [-0.2, 0) is 6.42 Å². The van der Waals surface area contributed by atoms with Gasteiger partial charge in [-0.1, -0.05) is 54.7 Å². The molecule has 0 aromatic heterocycles. The molecular formula is C24H19FN2O2S. The summed E-state index contributed by atoms with van der Waals surface area (Å²) in [5, 5.41) is 3.45. The third-order valence-corrected chi connectivity index (χ3v) is 5.71. The number of ether oxygens (including phenoxy) is 2. The molecule has 0 amide bonds. The minimum atomic E-state index is -0.292. The zero-order valence-electron chi connectivity index (χ0n) is 16.3. The van der Waals surface area contributed by atoms with Gasteiger partial charge in [0, 0.05) is 17.7 Å². The van der Waals surface area contributed by atoms with Crippen molar-refractivity contribution in [1.29, 1.82) is 0 Å². The highest BCUT2D eigenvalue weighted by Gasteiger charge is 2.38. The van der Waals surface area contributed by atoms with Crippen molar-refractivity contribution in [1.82, 2.24) is 5.32 Å². The highest BCUT2D eigenvalue weighted by Crippen LogP contribution is 2.43. The molecule has 0 radical (unpaired) electrons. The molecule has 150 valence electrons. The minimum Gasteiger partial charge on any atom is -0.493 e. The summed E-state index contributed by atoms with van der Waals surface area (Å²) in [4.78, 5) is 2.67. The van der Waals surface area contributed by atoms with Crippen LogP contribution < -0.4 is 19.7 Å². The van der Waals surface area contributed by atoms with Gasteiger partial charge in [0.1, 0.15) is 17.0 Å². The molecule has 1 N–H and O–H groups in total. The van der Waals surface area contributed by atoms with Crippen molar-refractivity contribution in [2.75, 3.05) is 12.0 Å². The Morgan fingerprint density at radius 1 is 1.03 bits per heavy atom. The number of thiocarbonyl (C=S) groups is 1. The lowest BCUT2D eigenvalue weighted by Crippen LogP contribution is -2.49. The highest BCUT2D eigenvalue weighted by atomic mass is 32.1. The summed E-state index contributed by atoms with van der Waals surface area (Å²) in [5.41, 5.74) is 3.72. The Bertz CT molecular complexity index is 1150. The molecule has 0 fully saturated rings. The summed E-state index contributed by atoms with van der Waals surface area (Å²) in [6.45, 7) is 0. The van der Waals surface area contributed by atoms with E-state index in [9.17, 15) is 4.39 Å². The van der Waals surface area contributed by atoms with Crippen molar-refractivity contribution < 1.29 is 13.9 Å². The predicted octanol–water partition coefficient (Wildman–Crippen LogP) is 5.12. The number of anilines is 1. The Kier molecular flexibility index (Phi) is 4.64. The van der Waals surface area contributed by atoms with E-state index in [0.717, 1.165) is 22.4 Å². The Morgan fingerprint density at radius 2 is 1.80 bits per heavy atom. The van der Waals surface area contributed by atoms with Gasteiger partial charge >= 0.3 is 0 Å². The first-order chi connectivity index (χ1) is 14.7. The number of fused-ring (bicyclic) bond motifs is 1. The zero-order valence-corrected chi connectivity index (χ0v) is 17.1. The van der Waals surface area contributed by atoms with Gasteiger partial charge in [-0.05, 0) is 35.9 Å². The Hall–Kier alpha value is -3.38. The molecule has 0 saturated heterocycles. The van der Waals surface area contributed by atoms with E-state index in [1.807, 2.05) is 53.4 Å². The molecule has 4 nitrogen and oxygen atoms in total. The highest BCUT2D eigenvalue weighted by molar-refractivity contribution is 7.80. The summed E-state index contributed by atoms with van der Waals surface area (Å²) < 4.78 is 25.6. The van der Waals surface area contributed by atoms with Crippen LogP contribution in [0.2, 0.25) is 0 Å². The first-order valence-corrected chi connectivity index (χ1v) is 10.0. The SMILES string of the molecule is COc1cccc2c1OC1=C(C2)C(=S)NC(c2ccccc2)N1c1ccc(F)cc1. The number of halogens is 1. The van der Waals surface area contributed by atoms with Gasteiger partial charge in [-0.2, -0.15) is 0 Å². The van der Waals surface area contributed by atoms with Crippen molar-refractivity contribution in [3.63, 3.8) is 0 Å². The number of hydrogen-bond acceptors (Lipinski definition) is 4. The lowest BCUT2D eigenvalue weighted by Gasteiger charge is -2.43. The van der Waals surface area contributed by atoms with Crippen molar-refractivity contribution >= 4 is 22.9 Å². The van der Waals surface area contributed by atoms with Gasteiger partial charge in [0.2, 0.25) is 5.88 Å². The third-order valence-electron chi connectivity index (χ3n) is 5.34. The van der Waals surface area contributed by atoms with Crippen LogP contribution in [0.5, 0.6) is 11.5 Å². The standard InChI is InChI=1S/C24H19FN2O2S/c1-28-20-9-5-8-16-14-19-23(30)26-22(15-6-3-2-4-7-15)27(24(19)29-21(16)20)18-12-10-17(25)11-13-18/h2-13,22H,14H2,1H3,(H,26,30). The maximum absolute atomic E-state index is 13.7. The van der Waals surface area contributed by atoms with Crippen LogP contribution in [0.1, 0.15) is 17.3 Å². The van der Waals surface area contributed by atoms with Crippen molar-refractivity contribution in [3.8, 4) is 11.5 Å². The molecule has 3 aromatic carbocycles. The maximum atomic E-state index is 13.7. The Morgan fingerprint density at radius 3 is 2.53 bits per heavy atom. The molecule has 2 heterocycles. The van der Waals surface area contributed by atoms with Crippen LogP contribution >= 0.6 is 12.2 Å². The lowest BCUT2D eigenvalue weighted by molar-refractivity contribution is 0.327. The first kappa shape index (κ1) is 18.6. The van der Waals surface area contributed by atoms with Gasteiger partial charge in [-0.25, -0.2) is 4.39 Å². The van der Waals surface area contributed by atoms with E-state index in [-0.39, 0.29) is 12.0 Å². The quantitative estimate of drug-likeness (QED) is 0.598. The fourth-order valence-corrected chi connectivity index (χ4v) is 4.17. The van der Waals surface area contributed by atoms with Crippen LogP contribution in [-0.4, -0.2) is 12.1 Å². The molecule has 0 aliphatic carbocycles. The monoisotopic (exact) mass is 418 g/mol. The van der Waals surface area contributed by atoms with Crippen molar-refractivity contribution in [2.45, 2.75) is 12.6 Å². The van der Waals surface area contributed by atoms with Crippen LogP contribution in [0.25, 0.3) is 0 Å². The summed E-state index contributed by atoms with van der Waals surface area (Å²) in [5.74, 6) is 1.69. The molecule has 1 atom stereocenters. The zero-order chi connectivity index (χ0) is 20.7. The molecule has 5 rings (SSSR count). The van der Waals surface area contributed by atoms with Crippen LogP contribution in [0, 0.1) is 5.82 Å².